The third kappa shape index (κ3) is 3.15. The van der Waals surface area contributed by atoms with Gasteiger partial charge in [0.25, 0.3) is 0 Å². The zero-order valence-corrected chi connectivity index (χ0v) is 8.91. The lowest BCUT2D eigenvalue weighted by molar-refractivity contribution is 0.356. The van der Waals surface area contributed by atoms with Crippen LogP contribution in [0.15, 0.2) is 30.3 Å². The molecule has 0 aliphatic heterocycles. The summed E-state index contributed by atoms with van der Waals surface area (Å²) in [7, 11) is 0. The molecule has 14 heavy (non-hydrogen) atoms. The second-order valence-electron chi connectivity index (χ2n) is 4.19. The fourth-order valence-corrected chi connectivity index (χ4v) is 2.34. The van der Waals surface area contributed by atoms with E-state index in [0.717, 1.165) is 5.92 Å². The first-order valence-electron chi connectivity index (χ1n) is 5.49. The van der Waals surface area contributed by atoms with Crippen LogP contribution in [0.3, 0.4) is 0 Å². The van der Waals surface area contributed by atoms with Crippen LogP contribution < -0.4 is 6.15 Å². The van der Waals surface area contributed by atoms with E-state index in [1.807, 2.05) is 0 Å². The van der Waals surface area contributed by atoms with Crippen LogP contribution in [0.25, 0.3) is 0 Å². The van der Waals surface area contributed by atoms with Gasteiger partial charge in [0.2, 0.25) is 0 Å². The molecule has 1 nitrogen and oxygen atoms in total. The lowest BCUT2D eigenvalue weighted by Crippen LogP contribution is -2.08. The molecule has 0 bridgehead atoms. The summed E-state index contributed by atoms with van der Waals surface area (Å²) in [4.78, 5) is 0. The van der Waals surface area contributed by atoms with Crippen LogP contribution in [0.5, 0.6) is 0 Å². The van der Waals surface area contributed by atoms with Gasteiger partial charge in [0.05, 0.1) is 0 Å². The van der Waals surface area contributed by atoms with Gasteiger partial charge < -0.3 is 6.15 Å². The molecule has 0 amide bonds. The summed E-state index contributed by atoms with van der Waals surface area (Å²) in [6.07, 6.45) is 8.59. The fourth-order valence-electron chi connectivity index (χ4n) is 2.34. The molecule has 1 saturated carbocycles. The molecule has 0 radical (unpaired) electrons. The fraction of sp³-hybridized carbons (Fsp3) is 0.538. The third-order valence-corrected chi connectivity index (χ3v) is 3.09. The van der Waals surface area contributed by atoms with Crippen LogP contribution in [0.2, 0.25) is 0 Å². The van der Waals surface area contributed by atoms with Crippen molar-refractivity contribution in [3.8, 4) is 0 Å². The van der Waals surface area contributed by atoms with Crippen LogP contribution in [0, 0.1) is 5.92 Å². The predicted molar refractivity (Wildman–Crippen MR) is 61.7 cm³/mol. The Morgan fingerprint density at radius 1 is 0.929 bits per heavy atom. The molecule has 2 rings (SSSR count). The van der Waals surface area contributed by atoms with Gasteiger partial charge in [-0.2, -0.15) is 0 Å². The van der Waals surface area contributed by atoms with Crippen LogP contribution in [-0.4, -0.2) is 0 Å². The summed E-state index contributed by atoms with van der Waals surface area (Å²) in [6.45, 7) is 0. The lowest BCUT2D eigenvalue weighted by atomic mass is 9.85. The van der Waals surface area contributed by atoms with Gasteiger partial charge in [0, 0.05) is 0 Å². The Balaban J connectivity index is 0.000000980. The molecule has 1 heteroatoms. The second-order valence-corrected chi connectivity index (χ2v) is 4.19. The second kappa shape index (κ2) is 5.82. The van der Waals surface area contributed by atoms with Gasteiger partial charge >= 0.3 is 0 Å². The summed E-state index contributed by atoms with van der Waals surface area (Å²) in [5, 5.41) is 0. The van der Waals surface area contributed by atoms with Gasteiger partial charge in [0.1, 0.15) is 0 Å². The molecule has 1 aromatic rings. The third-order valence-electron chi connectivity index (χ3n) is 3.09. The average Bonchev–Trinajstić information content (AvgIpc) is 2.21. The molecule has 0 aromatic heterocycles. The van der Waals surface area contributed by atoms with E-state index in [1.165, 1.54) is 44.1 Å². The quantitative estimate of drug-likeness (QED) is 0.754. The van der Waals surface area contributed by atoms with Crippen molar-refractivity contribution in [2.24, 2.45) is 5.92 Å². The van der Waals surface area contributed by atoms with E-state index in [0.29, 0.717) is 0 Å². The number of rotatable bonds is 2. The molecule has 1 fully saturated rings. The SMILES string of the molecule is N.c1ccc(CC2CCCCC2)cc1. The zero-order valence-electron chi connectivity index (χ0n) is 8.91. The Bertz CT molecular complexity index is 237. The summed E-state index contributed by atoms with van der Waals surface area (Å²) >= 11 is 0. The van der Waals surface area contributed by atoms with E-state index < -0.39 is 0 Å². The number of hydrogen-bond acceptors (Lipinski definition) is 1. The Morgan fingerprint density at radius 2 is 1.57 bits per heavy atom. The van der Waals surface area contributed by atoms with Gasteiger partial charge in [-0.3, -0.25) is 0 Å². The normalized spacial score (nSPS) is 17.4. The molecule has 1 aromatic carbocycles. The van der Waals surface area contributed by atoms with Gasteiger partial charge in [-0.15, -0.1) is 0 Å². The molecule has 0 heterocycles. The minimum absolute atomic E-state index is 0. The first-order chi connectivity index (χ1) is 6.45. The maximum atomic E-state index is 2.26. The van der Waals surface area contributed by atoms with Crippen molar-refractivity contribution >= 4 is 0 Å². The molecule has 0 unspecified atom stereocenters. The summed E-state index contributed by atoms with van der Waals surface area (Å²) in [5.74, 6) is 0.969. The van der Waals surface area contributed by atoms with Gasteiger partial charge in [-0.25, -0.2) is 0 Å². The van der Waals surface area contributed by atoms with Gasteiger partial charge in [-0.05, 0) is 17.9 Å². The van der Waals surface area contributed by atoms with Crippen molar-refractivity contribution in [1.82, 2.24) is 6.15 Å². The van der Waals surface area contributed by atoms with Crippen molar-refractivity contribution in [1.29, 1.82) is 0 Å². The zero-order chi connectivity index (χ0) is 8.93. The maximum absolute atomic E-state index is 2.26. The highest BCUT2D eigenvalue weighted by atomic mass is 14.2. The highest BCUT2D eigenvalue weighted by molar-refractivity contribution is 5.15. The summed E-state index contributed by atoms with van der Waals surface area (Å²) < 4.78 is 0. The Labute approximate surface area is 87.1 Å². The molecule has 0 atom stereocenters. The standard InChI is InChI=1S/C13H18.H3N/c1-3-7-12(8-4-1)11-13-9-5-2-6-10-13;/h1,3-4,7-8,13H,2,5-6,9-11H2;1H3. The smallest absolute Gasteiger partial charge is 0.0250 e. The number of benzene rings is 1. The van der Waals surface area contributed by atoms with Crippen molar-refractivity contribution in [3.63, 3.8) is 0 Å². The highest BCUT2D eigenvalue weighted by Crippen LogP contribution is 2.26. The van der Waals surface area contributed by atoms with E-state index in [-0.39, 0.29) is 6.15 Å². The summed E-state index contributed by atoms with van der Waals surface area (Å²) in [6, 6.07) is 10.9. The van der Waals surface area contributed by atoms with Crippen LogP contribution >= 0.6 is 0 Å². The Hall–Kier alpha value is -0.820. The minimum atomic E-state index is 0. The maximum Gasteiger partial charge on any atom is -0.0250 e. The molecular weight excluding hydrogens is 170 g/mol. The topological polar surface area (TPSA) is 35.0 Å². The first kappa shape index (κ1) is 11.3. The van der Waals surface area contributed by atoms with E-state index in [4.69, 9.17) is 0 Å². The van der Waals surface area contributed by atoms with Crippen molar-refractivity contribution in [2.75, 3.05) is 0 Å². The highest BCUT2D eigenvalue weighted by Gasteiger charge is 2.13. The van der Waals surface area contributed by atoms with Crippen LogP contribution in [-0.2, 0) is 6.42 Å². The Morgan fingerprint density at radius 3 is 2.21 bits per heavy atom. The van der Waals surface area contributed by atoms with Crippen LogP contribution in [0.1, 0.15) is 37.7 Å². The largest absolute Gasteiger partial charge is 0.344 e. The van der Waals surface area contributed by atoms with E-state index >= 15 is 0 Å². The predicted octanol–water partition coefficient (Wildman–Crippen LogP) is 3.97. The van der Waals surface area contributed by atoms with Crippen molar-refractivity contribution in [2.45, 2.75) is 38.5 Å². The van der Waals surface area contributed by atoms with E-state index in [1.54, 1.807) is 0 Å². The lowest BCUT2D eigenvalue weighted by Gasteiger charge is -2.21. The molecule has 78 valence electrons. The van der Waals surface area contributed by atoms with Crippen molar-refractivity contribution < 1.29 is 0 Å². The molecule has 1 aliphatic rings. The van der Waals surface area contributed by atoms with E-state index in [2.05, 4.69) is 30.3 Å². The Kier molecular flexibility index (Phi) is 4.68. The van der Waals surface area contributed by atoms with E-state index in [9.17, 15) is 0 Å². The molecule has 3 N–H and O–H groups in total. The van der Waals surface area contributed by atoms with Gasteiger partial charge in [-0.1, -0.05) is 62.4 Å². The first-order valence-corrected chi connectivity index (χ1v) is 5.49. The van der Waals surface area contributed by atoms with Crippen molar-refractivity contribution in [3.05, 3.63) is 35.9 Å². The molecular formula is C13H21N. The average molecular weight is 191 g/mol. The minimum Gasteiger partial charge on any atom is -0.344 e. The number of hydrogen-bond donors (Lipinski definition) is 1. The summed E-state index contributed by atoms with van der Waals surface area (Å²) in [5.41, 5.74) is 1.52. The molecule has 0 saturated heterocycles. The monoisotopic (exact) mass is 191 g/mol. The van der Waals surface area contributed by atoms with Gasteiger partial charge in [0.15, 0.2) is 0 Å². The van der Waals surface area contributed by atoms with Crippen LogP contribution in [0.4, 0.5) is 0 Å². The molecule has 0 spiro atoms. The molecule has 1 aliphatic carbocycles.